The molecule has 0 aliphatic carbocycles. The second-order valence-corrected chi connectivity index (χ2v) is 7.35. The van der Waals surface area contributed by atoms with Crippen LogP contribution in [0.2, 0.25) is 0 Å². The van der Waals surface area contributed by atoms with Gasteiger partial charge in [0.2, 0.25) is 0 Å². The fourth-order valence-corrected chi connectivity index (χ4v) is 4.07. The van der Waals surface area contributed by atoms with Crippen molar-refractivity contribution in [2.24, 2.45) is 0 Å². The molecule has 6 nitrogen and oxygen atoms in total. The summed E-state index contributed by atoms with van der Waals surface area (Å²) in [7, 11) is -0.266. The average molecular weight is 376 g/mol. The van der Waals surface area contributed by atoms with Gasteiger partial charge in [0, 0.05) is 12.7 Å². The first kappa shape index (κ1) is 16.1. The van der Waals surface area contributed by atoms with E-state index in [1.165, 1.54) is 19.2 Å². The molecule has 0 saturated heterocycles. The van der Waals surface area contributed by atoms with Gasteiger partial charge < -0.3 is 9.75 Å². The molecule has 2 rings (SSSR count). The van der Waals surface area contributed by atoms with Crippen LogP contribution in [0.4, 0.5) is 0 Å². The number of sulfonamides is 1. The average Bonchev–Trinajstić information content (AvgIpc) is 2.65. The normalized spacial score (nSPS) is 19.1. The van der Waals surface area contributed by atoms with E-state index in [-0.39, 0.29) is 10.9 Å². The van der Waals surface area contributed by atoms with E-state index >= 15 is 0 Å². The van der Waals surface area contributed by atoms with Crippen LogP contribution >= 0.6 is 15.9 Å². The number of ether oxygens (including phenoxy) is 1. The number of benzene rings is 1. The van der Waals surface area contributed by atoms with Gasteiger partial charge in [-0.15, -0.1) is 0 Å². The van der Waals surface area contributed by atoms with Crippen molar-refractivity contribution in [2.45, 2.75) is 24.8 Å². The molecule has 1 unspecified atom stereocenters. The van der Waals surface area contributed by atoms with Crippen molar-refractivity contribution in [3.63, 3.8) is 0 Å². The maximum atomic E-state index is 12.5. The van der Waals surface area contributed by atoms with E-state index in [4.69, 9.17) is 4.74 Å². The Morgan fingerprint density at radius 1 is 1.43 bits per heavy atom. The summed E-state index contributed by atoms with van der Waals surface area (Å²) in [6.07, 6.45) is 0. The zero-order valence-corrected chi connectivity index (χ0v) is 14.7. The predicted molar refractivity (Wildman–Crippen MR) is 84.1 cm³/mol. The molecule has 1 aromatic rings. The van der Waals surface area contributed by atoms with Gasteiger partial charge >= 0.3 is 0 Å². The van der Waals surface area contributed by atoms with Crippen molar-refractivity contribution in [2.75, 3.05) is 14.2 Å². The highest BCUT2D eigenvalue weighted by Crippen LogP contribution is 2.28. The molecule has 1 aliphatic rings. The zero-order valence-electron chi connectivity index (χ0n) is 12.3. The standard InChI is InChI=1S/C13H18BrN3O3S/c1-8-13(9(2)17(3)15-8)16-21(18,19)10-5-6-12(20-4)11(14)7-10/h5-8,15-16H,1-4H3. The molecule has 1 aliphatic heterocycles. The Hall–Kier alpha value is -1.25. The third kappa shape index (κ3) is 3.17. The minimum absolute atomic E-state index is 0.0912. The third-order valence-corrected chi connectivity index (χ3v) is 5.37. The first-order valence-corrected chi connectivity index (χ1v) is 8.61. The number of hydrogen-bond donors (Lipinski definition) is 2. The maximum absolute atomic E-state index is 12.5. The molecule has 0 spiro atoms. The summed E-state index contributed by atoms with van der Waals surface area (Å²) in [5, 5.41) is 1.80. The van der Waals surface area contributed by atoms with Gasteiger partial charge in [0.15, 0.2) is 0 Å². The summed E-state index contributed by atoms with van der Waals surface area (Å²) in [5.74, 6) is 0.583. The fourth-order valence-electron chi connectivity index (χ4n) is 2.13. The van der Waals surface area contributed by atoms with Crippen LogP contribution in [-0.2, 0) is 10.0 Å². The Kier molecular flexibility index (Phi) is 4.50. The van der Waals surface area contributed by atoms with Crippen LogP contribution in [0.5, 0.6) is 5.75 Å². The Labute approximate surface area is 133 Å². The third-order valence-electron chi connectivity index (χ3n) is 3.39. The van der Waals surface area contributed by atoms with Gasteiger partial charge in [0.25, 0.3) is 10.0 Å². The van der Waals surface area contributed by atoms with Gasteiger partial charge in [0.1, 0.15) is 5.75 Å². The van der Waals surface area contributed by atoms with Gasteiger partial charge in [-0.3, -0.25) is 4.72 Å². The van der Waals surface area contributed by atoms with Crippen molar-refractivity contribution < 1.29 is 13.2 Å². The van der Waals surface area contributed by atoms with Gasteiger partial charge in [-0.05, 0) is 48.0 Å². The zero-order chi connectivity index (χ0) is 15.8. The molecule has 0 amide bonds. The molecular formula is C13H18BrN3O3S. The molecule has 8 heteroatoms. The minimum atomic E-state index is -3.64. The lowest BCUT2D eigenvalue weighted by Crippen LogP contribution is -2.35. The minimum Gasteiger partial charge on any atom is -0.496 e. The molecule has 1 heterocycles. The molecule has 2 N–H and O–H groups in total. The van der Waals surface area contributed by atoms with Gasteiger partial charge in [0.05, 0.1) is 28.2 Å². The van der Waals surface area contributed by atoms with Crippen LogP contribution in [0.15, 0.2) is 39.0 Å². The number of rotatable bonds is 4. The number of allylic oxidation sites excluding steroid dienone is 1. The number of nitrogens with zero attached hydrogens (tertiary/aromatic N) is 1. The molecule has 0 fully saturated rings. The summed E-state index contributed by atoms with van der Waals surface area (Å²) in [5.41, 5.74) is 4.61. The number of nitrogens with one attached hydrogen (secondary N) is 2. The van der Waals surface area contributed by atoms with Crippen molar-refractivity contribution in [3.8, 4) is 5.75 Å². The van der Waals surface area contributed by atoms with Gasteiger partial charge in [-0.1, -0.05) is 0 Å². The maximum Gasteiger partial charge on any atom is 0.261 e. The van der Waals surface area contributed by atoms with E-state index in [9.17, 15) is 8.42 Å². The number of hydrazine groups is 1. The summed E-state index contributed by atoms with van der Waals surface area (Å²) >= 11 is 3.30. The van der Waals surface area contributed by atoms with E-state index < -0.39 is 10.0 Å². The predicted octanol–water partition coefficient (Wildman–Crippen LogP) is 1.81. The largest absolute Gasteiger partial charge is 0.496 e. The summed E-state index contributed by atoms with van der Waals surface area (Å²) in [6, 6.07) is 4.56. The highest BCUT2D eigenvalue weighted by Gasteiger charge is 2.27. The Balaban J connectivity index is 2.33. The summed E-state index contributed by atoms with van der Waals surface area (Å²) in [4.78, 5) is 0.178. The summed E-state index contributed by atoms with van der Waals surface area (Å²) < 4.78 is 33.3. The second kappa shape index (κ2) is 5.86. The van der Waals surface area contributed by atoms with Crippen molar-refractivity contribution >= 4 is 26.0 Å². The van der Waals surface area contributed by atoms with Crippen LogP contribution in [0.3, 0.4) is 0 Å². The molecule has 0 saturated carbocycles. The van der Waals surface area contributed by atoms with Crippen LogP contribution in [0, 0.1) is 0 Å². The van der Waals surface area contributed by atoms with Crippen molar-refractivity contribution in [1.82, 2.24) is 15.2 Å². The SMILES string of the molecule is COc1ccc(S(=O)(=O)NC2=C(C)N(C)NC2C)cc1Br. The van der Waals surface area contributed by atoms with E-state index in [1.807, 2.05) is 20.9 Å². The quantitative estimate of drug-likeness (QED) is 0.839. The lowest BCUT2D eigenvalue weighted by molar-refractivity contribution is 0.315. The first-order valence-electron chi connectivity index (χ1n) is 6.33. The van der Waals surface area contributed by atoms with Crippen LogP contribution in [0.25, 0.3) is 0 Å². The monoisotopic (exact) mass is 375 g/mol. The topological polar surface area (TPSA) is 70.7 Å². The molecule has 0 bridgehead atoms. The highest BCUT2D eigenvalue weighted by molar-refractivity contribution is 9.10. The molecule has 21 heavy (non-hydrogen) atoms. The van der Waals surface area contributed by atoms with Crippen molar-refractivity contribution in [1.29, 1.82) is 0 Å². The Morgan fingerprint density at radius 3 is 2.57 bits per heavy atom. The Morgan fingerprint density at radius 2 is 2.10 bits per heavy atom. The van der Waals surface area contributed by atoms with Gasteiger partial charge in [-0.2, -0.15) is 0 Å². The van der Waals surface area contributed by atoms with E-state index in [1.54, 1.807) is 11.1 Å². The van der Waals surface area contributed by atoms with E-state index in [2.05, 4.69) is 26.1 Å². The fraction of sp³-hybridized carbons (Fsp3) is 0.385. The summed E-state index contributed by atoms with van der Waals surface area (Å²) in [6.45, 7) is 3.76. The smallest absolute Gasteiger partial charge is 0.261 e. The van der Waals surface area contributed by atoms with E-state index in [0.29, 0.717) is 15.9 Å². The first-order chi connectivity index (χ1) is 9.76. The number of hydrogen-bond acceptors (Lipinski definition) is 5. The molecule has 0 radical (unpaired) electrons. The number of halogens is 1. The van der Waals surface area contributed by atoms with Crippen LogP contribution < -0.4 is 14.9 Å². The second-order valence-electron chi connectivity index (χ2n) is 4.81. The van der Waals surface area contributed by atoms with E-state index in [0.717, 1.165) is 5.70 Å². The molecule has 0 aromatic heterocycles. The molecule has 1 aromatic carbocycles. The number of methoxy groups -OCH3 is 1. The lowest BCUT2D eigenvalue weighted by Gasteiger charge is -2.14. The Bertz CT molecular complexity index is 688. The molecule has 1 atom stereocenters. The van der Waals surface area contributed by atoms with Crippen LogP contribution in [-0.4, -0.2) is 33.6 Å². The molecule has 116 valence electrons. The van der Waals surface area contributed by atoms with Crippen molar-refractivity contribution in [3.05, 3.63) is 34.1 Å². The molecular weight excluding hydrogens is 358 g/mol. The van der Waals surface area contributed by atoms with Crippen LogP contribution in [0.1, 0.15) is 13.8 Å². The van der Waals surface area contributed by atoms with Gasteiger partial charge in [-0.25, -0.2) is 13.8 Å². The lowest BCUT2D eigenvalue weighted by atomic mass is 10.2. The highest BCUT2D eigenvalue weighted by atomic mass is 79.9.